The van der Waals surface area contributed by atoms with Gasteiger partial charge in [-0.1, -0.05) is 60.1 Å². The van der Waals surface area contributed by atoms with E-state index in [0.29, 0.717) is 21.9 Å². The third-order valence-corrected chi connectivity index (χ3v) is 5.25. The molecule has 0 unspecified atom stereocenters. The molecule has 164 valence electrons. The minimum Gasteiger partial charge on any atom is -0.497 e. The van der Waals surface area contributed by atoms with Crippen molar-refractivity contribution in [2.75, 3.05) is 7.11 Å². The molecule has 4 aromatic carbocycles. The number of benzene rings is 4. The van der Waals surface area contributed by atoms with E-state index in [1.54, 1.807) is 54.6 Å². The first-order chi connectivity index (χ1) is 16.1. The topological polar surface area (TPSA) is 77.0 Å². The predicted octanol–water partition coefficient (Wildman–Crippen LogP) is 5.48. The van der Waals surface area contributed by atoms with Gasteiger partial charge in [0.15, 0.2) is 0 Å². The van der Waals surface area contributed by atoms with Crippen molar-refractivity contribution in [2.24, 2.45) is 5.10 Å². The van der Waals surface area contributed by atoms with Crippen LogP contribution >= 0.6 is 11.6 Å². The number of methoxy groups -OCH3 is 1. The highest BCUT2D eigenvalue weighted by molar-refractivity contribution is 6.33. The molecular formula is C26H19ClN2O4. The smallest absolute Gasteiger partial charge is 0.345 e. The van der Waals surface area contributed by atoms with Crippen molar-refractivity contribution >= 4 is 40.5 Å². The molecule has 0 aliphatic rings. The van der Waals surface area contributed by atoms with Gasteiger partial charge < -0.3 is 9.47 Å². The van der Waals surface area contributed by atoms with Gasteiger partial charge in [-0.3, -0.25) is 4.79 Å². The molecule has 4 aromatic rings. The molecule has 6 nitrogen and oxygen atoms in total. The second-order valence-electron chi connectivity index (χ2n) is 7.00. The Hall–Kier alpha value is -4.16. The lowest BCUT2D eigenvalue weighted by molar-refractivity contribution is 0.0734. The van der Waals surface area contributed by atoms with E-state index >= 15 is 0 Å². The molecule has 4 rings (SSSR count). The fourth-order valence-electron chi connectivity index (χ4n) is 3.26. The fraction of sp³-hybridized carbons (Fsp3) is 0.0385. The Bertz CT molecular complexity index is 1370. The number of halogens is 1. The molecule has 0 saturated heterocycles. The van der Waals surface area contributed by atoms with Crippen LogP contribution < -0.4 is 14.9 Å². The van der Waals surface area contributed by atoms with Crippen molar-refractivity contribution < 1.29 is 19.1 Å². The number of hydrazone groups is 1. The molecule has 0 saturated carbocycles. The van der Waals surface area contributed by atoms with Gasteiger partial charge in [-0.2, -0.15) is 5.10 Å². The zero-order valence-electron chi connectivity index (χ0n) is 17.6. The molecule has 7 heteroatoms. The highest BCUT2D eigenvalue weighted by atomic mass is 35.5. The van der Waals surface area contributed by atoms with E-state index in [0.717, 1.165) is 10.8 Å². The molecule has 0 radical (unpaired) electrons. The molecule has 1 amide bonds. The molecule has 0 aromatic heterocycles. The van der Waals surface area contributed by atoms with Crippen LogP contribution in [0.3, 0.4) is 0 Å². The Kier molecular flexibility index (Phi) is 6.66. The van der Waals surface area contributed by atoms with Crippen molar-refractivity contribution in [2.45, 2.75) is 0 Å². The SMILES string of the molecule is COc1cccc(C(=O)NN=Cc2c(OC(=O)c3ccccc3Cl)ccc3ccccc23)c1. The van der Waals surface area contributed by atoms with Crippen LogP contribution in [0.1, 0.15) is 26.3 Å². The third kappa shape index (κ3) is 5.02. The van der Waals surface area contributed by atoms with E-state index in [9.17, 15) is 9.59 Å². The van der Waals surface area contributed by atoms with Crippen LogP contribution in [-0.2, 0) is 0 Å². The van der Waals surface area contributed by atoms with E-state index in [2.05, 4.69) is 10.5 Å². The highest BCUT2D eigenvalue weighted by Gasteiger charge is 2.16. The average Bonchev–Trinajstić information content (AvgIpc) is 2.85. The summed E-state index contributed by atoms with van der Waals surface area (Å²) in [5, 5.41) is 6.13. The molecule has 33 heavy (non-hydrogen) atoms. The molecule has 0 atom stereocenters. The van der Waals surface area contributed by atoms with E-state index in [1.165, 1.54) is 13.3 Å². The van der Waals surface area contributed by atoms with Gasteiger partial charge in [-0.15, -0.1) is 0 Å². The number of carbonyl (C=O) groups excluding carboxylic acids is 2. The normalized spacial score (nSPS) is 10.8. The summed E-state index contributed by atoms with van der Waals surface area (Å²) in [7, 11) is 1.53. The number of fused-ring (bicyclic) bond motifs is 1. The van der Waals surface area contributed by atoms with Crippen LogP contribution in [0.4, 0.5) is 0 Å². The van der Waals surface area contributed by atoms with Crippen LogP contribution in [0.25, 0.3) is 10.8 Å². The van der Waals surface area contributed by atoms with Crippen LogP contribution in [0.15, 0.2) is 90.0 Å². The first-order valence-corrected chi connectivity index (χ1v) is 10.4. The summed E-state index contributed by atoms with van der Waals surface area (Å²) >= 11 is 6.13. The molecule has 1 N–H and O–H groups in total. The van der Waals surface area contributed by atoms with Crippen molar-refractivity contribution in [3.05, 3.63) is 107 Å². The fourth-order valence-corrected chi connectivity index (χ4v) is 3.48. The molecular weight excluding hydrogens is 440 g/mol. The molecule has 0 aliphatic heterocycles. The summed E-state index contributed by atoms with van der Waals surface area (Å²) in [5.74, 6) is -0.140. The number of carbonyl (C=O) groups is 2. The zero-order valence-corrected chi connectivity index (χ0v) is 18.4. The Balaban J connectivity index is 1.63. The van der Waals surface area contributed by atoms with Gasteiger partial charge in [0.05, 0.1) is 23.9 Å². The van der Waals surface area contributed by atoms with Gasteiger partial charge in [-0.05, 0) is 47.2 Å². The van der Waals surface area contributed by atoms with Crippen LogP contribution in [-0.4, -0.2) is 25.2 Å². The largest absolute Gasteiger partial charge is 0.497 e. The molecule has 0 heterocycles. The van der Waals surface area contributed by atoms with Crippen molar-refractivity contribution in [1.82, 2.24) is 5.43 Å². The maximum absolute atomic E-state index is 12.7. The first kappa shape index (κ1) is 22.0. The highest BCUT2D eigenvalue weighted by Crippen LogP contribution is 2.28. The lowest BCUT2D eigenvalue weighted by atomic mass is 10.0. The minimum atomic E-state index is -0.592. The third-order valence-electron chi connectivity index (χ3n) is 4.92. The number of amides is 1. The number of nitrogens with zero attached hydrogens (tertiary/aromatic N) is 1. The van der Waals surface area contributed by atoms with Crippen LogP contribution in [0.2, 0.25) is 5.02 Å². The first-order valence-electron chi connectivity index (χ1n) is 10.0. The van der Waals surface area contributed by atoms with Crippen LogP contribution in [0, 0.1) is 0 Å². The summed E-state index contributed by atoms with van der Waals surface area (Å²) in [6.45, 7) is 0. The Morgan fingerprint density at radius 2 is 1.73 bits per heavy atom. The standard InChI is InChI=1S/C26H19ClN2O4/c1-32-19-9-6-8-18(15-19)25(30)29-28-16-22-20-10-3-2-7-17(20)13-14-24(22)33-26(31)21-11-4-5-12-23(21)27/h2-16H,1H3,(H,29,30). The Morgan fingerprint density at radius 3 is 2.55 bits per heavy atom. The maximum atomic E-state index is 12.7. The van der Waals surface area contributed by atoms with E-state index in [4.69, 9.17) is 21.1 Å². The summed E-state index contributed by atoms with van der Waals surface area (Å²) in [6, 6.07) is 24.5. The van der Waals surface area contributed by atoms with Crippen molar-refractivity contribution in [3.8, 4) is 11.5 Å². The van der Waals surface area contributed by atoms with Crippen LogP contribution in [0.5, 0.6) is 11.5 Å². The number of esters is 1. The lowest BCUT2D eigenvalue weighted by Gasteiger charge is -2.11. The van der Waals surface area contributed by atoms with Gasteiger partial charge in [0.1, 0.15) is 11.5 Å². The maximum Gasteiger partial charge on any atom is 0.345 e. The lowest BCUT2D eigenvalue weighted by Crippen LogP contribution is -2.17. The van der Waals surface area contributed by atoms with E-state index in [-0.39, 0.29) is 11.3 Å². The number of hydrogen-bond donors (Lipinski definition) is 1. The predicted molar refractivity (Wildman–Crippen MR) is 128 cm³/mol. The van der Waals surface area contributed by atoms with Gasteiger partial charge in [0, 0.05) is 11.1 Å². The molecule has 0 fully saturated rings. The summed E-state index contributed by atoms with van der Waals surface area (Å²) in [5.41, 5.74) is 3.69. The molecule has 0 spiro atoms. The van der Waals surface area contributed by atoms with E-state index < -0.39 is 11.9 Å². The summed E-state index contributed by atoms with van der Waals surface area (Å²) in [4.78, 5) is 25.2. The second kappa shape index (κ2) is 9.97. The number of nitrogens with one attached hydrogen (secondary N) is 1. The molecule has 0 aliphatic carbocycles. The minimum absolute atomic E-state index is 0.251. The van der Waals surface area contributed by atoms with E-state index in [1.807, 2.05) is 30.3 Å². The van der Waals surface area contributed by atoms with Gasteiger partial charge in [0.25, 0.3) is 5.91 Å². The number of ether oxygens (including phenoxy) is 2. The quantitative estimate of drug-likeness (QED) is 0.179. The monoisotopic (exact) mass is 458 g/mol. The Morgan fingerprint density at radius 1 is 0.939 bits per heavy atom. The zero-order chi connectivity index (χ0) is 23.2. The summed E-state index contributed by atoms with van der Waals surface area (Å²) in [6.07, 6.45) is 1.45. The number of hydrogen-bond acceptors (Lipinski definition) is 5. The second-order valence-corrected chi connectivity index (χ2v) is 7.41. The van der Waals surface area contributed by atoms with Crippen molar-refractivity contribution in [3.63, 3.8) is 0 Å². The number of rotatable bonds is 6. The van der Waals surface area contributed by atoms with Gasteiger partial charge in [-0.25, -0.2) is 10.2 Å². The Labute approximate surface area is 195 Å². The average molecular weight is 459 g/mol. The molecule has 0 bridgehead atoms. The summed E-state index contributed by atoms with van der Waals surface area (Å²) < 4.78 is 10.8. The van der Waals surface area contributed by atoms with Crippen molar-refractivity contribution in [1.29, 1.82) is 0 Å². The van der Waals surface area contributed by atoms with Gasteiger partial charge >= 0.3 is 5.97 Å². The van der Waals surface area contributed by atoms with Gasteiger partial charge in [0.2, 0.25) is 0 Å².